The van der Waals surface area contributed by atoms with Gasteiger partial charge in [0, 0.05) is 13.2 Å². The summed E-state index contributed by atoms with van der Waals surface area (Å²) in [6, 6.07) is 0.536. The molecule has 1 aliphatic carbocycles. The van der Waals surface area contributed by atoms with Crippen LogP contribution in [0, 0.1) is 0 Å². The molecule has 4 heteroatoms. The van der Waals surface area contributed by atoms with E-state index in [-0.39, 0.29) is 6.61 Å². The molecule has 3 nitrogen and oxygen atoms in total. The smallest absolute Gasteiger partial charge is 0.111 e. The van der Waals surface area contributed by atoms with Gasteiger partial charge in [-0.1, -0.05) is 19.3 Å². The molecule has 0 aliphatic heterocycles. The number of nitrogens with two attached hydrogens (primary N) is 1. The third kappa shape index (κ3) is 9.73. The first-order valence-electron chi connectivity index (χ1n) is 4.79. The van der Waals surface area contributed by atoms with Crippen LogP contribution in [0.15, 0.2) is 0 Å². The highest BCUT2D eigenvalue weighted by Crippen LogP contribution is 2.14. The van der Waals surface area contributed by atoms with E-state index < -0.39 is 0 Å². The summed E-state index contributed by atoms with van der Waals surface area (Å²) in [7, 11) is 1.49. The van der Waals surface area contributed by atoms with Crippen molar-refractivity contribution < 1.29 is 14.2 Å². The van der Waals surface area contributed by atoms with Crippen LogP contribution in [-0.2, 0) is 9.68 Å². The van der Waals surface area contributed by atoms with Gasteiger partial charge in [0.2, 0.25) is 0 Å². The van der Waals surface area contributed by atoms with Gasteiger partial charge in [0.25, 0.3) is 0 Å². The van der Waals surface area contributed by atoms with Crippen molar-refractivity contribution >= 4 is 0 Å². The van der Waals surface area contributed by atoms with Crippen molar-refractivity contribution in [2.45, 2.75) is 38.1 Å². The molecule has 0 amide bonds. The van der Waals surface area contributed by atoms with Crippen LogP contribution in [0.4, 0.5) is 4.53 Å². The molecule has 1 aliphatic rings. The summed E-state index contributed by atoms with van der Waals surface area (Å²) >= 11 is 0. The lowest BCUT2D eigenvalue weighted by atomic mass is 9.97. The second-order valence-electron chi connectivity index (χ2n) is 3.20. The van der Waals surface area contributed by atoms with Crippen LogP contribution in [0.25, 0.3) is 0 Å². The quantitative estimate of drug-likeness (QED) is 0.695. The Balaban J connectivity index is 0.000000226. The van der Waals surface area contributed by atoms with E-state index in [0.717, 1.165) is 0 Å². The third-order valence-electron chi connectivity index (χ3n) is 2.01. The topological polar surface area (TPSA) is 44.5 Å². The van der Waals surface area contributed by atoms with Crippen LogP contribution in [0.2, 0.25) is 0 Å². The minimum atomic E-state index is 0.0243. The highest BCUT2D eigenvalue weighted by Gasteiger charge is 2.06. The van der Waals surface area contributed by atoms with E-state index in [9.17, 15) is 4.53 Å². The molecule has 0 saturated heterocycles. The van der Waals surface area contributed by atoms with Crippen molar-refractivity contribution in [3.8, 4) is 0 Å². The molecule has 2 N–H and O–H groups in total. The summed E-state index contributed by atoms with van der Waals surface area (Å²) in [5.41, 5.74) is 5.63. The van der Waals surface area contributed by atoms with Crippen LogP contribution < -0.4 is 5.73 Å². The van der Waals surface area contributed by atoms with E-state index in [1.807, 2.05) is 0 Å². The second kappa shape index (κ2) is 9.89. The van der Waals surface area contributed by atoms with Crippen molar-refractivity contribution in [2.75, 3.05) is 20.3 Å². The van der Waals surface area contributed by atoms with Crippen molar-refractivity contribution in [2.24, 2.45) is 5.73 Å². The van der Waals surface area contributed by atoms with Crippen LogP contribution in [0.1, 0.15) is 32.1 Å². The van der Waals surface area contributed by atoms with E-state index >= 15 is 0 Å². The average Bonchev–Trinajstić information content (AvgIpc) is 2.17. The van der Waals surface area contributed by atoms with Crippen LogP contribution >= 0.6 is 0 Å². The van der Waals surface area contributed by atoms with Gasteiger partial charge in [0.15, 0.2) is 0 Å². The Hall–Kier alpha value is -0.190. The van der Waals surface area contributed by atoms with Crippen LogP contribution in [0.3, 0.4) is 0 Å². The van der Waals surface area contributed by atoms with Crippen molar-refractivity contribution in [3.05, 3.63) is 0 Å². The third-order valence-corrected chi connectivity index (χ3v) is 2.01. The first-order valence-corrected chi connectivity index (χ1v) is 4.79. The molecule has 0 unspecified atom stereocenters. The van der Waals surface area contributed by atoms with Crippen molar-refractivity contribution in [3.63, 3.8) is 0 Å². The maximum absolute atomic E-state index is 10.6. The molecule has 13 heavy (non-hydrogen) atoms. The Labute approximate surface area is 79.3 Å². The number of hydrogen-bond acceptors (Lipinski definition) is 3. The Bertz CT molecular complexity index is 93.6. The molecular weight excluding hydrogens is 173 g/mol. The van der Waals surface area contributed by atoms with Gasteiger partial charge in [0.1, 0.15) is 6.61 Å². The zero-order valence-corrected chi connectivity index (χ0v) is 8.30. The summed E-state index contributed by atoms with van der Waals surface area (Å²) in [6.45, 7) is 0.340. The summed E-state index contributed by atoms with van der Waals surface area (Å²) in [5.74, 6) is 0. The molecule has 0 radical (unpaired) electrons. The van der Waals surface area contributed by atoms with Gasteiger partial charge < -0.3 is 10.5 Å². The molecule has 0 atom stereocenters. The highest BCUT2D eigenvalue weighted by atomic mass is 19.3. The molecule has 1 fully saturated rings. The Morgan fingerprint density at radius 2 is 1.85 bits per heavy atom. The van der Waals surface area contributed by atoms with Gasteiger partial charge in [-0.2, -0.15) is 4.94 Å². The summed E-state index contributed by atoms with van der Waals surface area (Å²) < 4.78 is 15.0. The standard InChI is InChI=1S/C6H13N.C3H7FO2/c7-6-4-2-1-3-5-6;1-5-2-3-6-4/h6H,1-5,7H2;2-3H2,1H3. The van der Waals surface area contributed by atoms with Gasteiger partial charge in [0.05, 0.1) is 6.61 Å². The van der Waals surface area contributed by atoms with E-state index in [0.29, 0.717) is 12.6 Å². The zero-order valence-electron chi connectivity index (χ0n) is 8.30. The maximum atomic E-state index is 10.6. The largest absolute Gasteiger partial charge is 0.382 e. The van der Waals surface area contributed by atoms with E-state index in [1.54, 1.807) is 0 Å². The Kier molecular flexibility index (Phi) is 9.75. The molecule has 0 aromatic heterocycles. The molecule has 1 saturated carbocycles. The van der Waals surface area contributed by atoms with E-state index in [2.05, 4.69) is 9.68 Å². The monoisotopic (exact) mass is 193 g/mol. The summed E-state index contributed by atoms with van der Waals surface area (Å²) in [6.07, 6.45) is 6.66. The molecule has 0 aromatic carbocycles. The molecule has 0 heterocycles. The lowest BCUT2D eigenvalue weighted by Crippen LogP contribution is -2.22. The lowest BCUT2D eigenvalue weighted by molar-refractivity contribution is -0.143. The van der Waals surface area contributed by atoms with Gasteiger partial charge in [-0.25, -0.2) is 0 Å². The van der Waals surface area contributed by atoms with Gasteiger partial charge in [-0.05, 0) is 17.4 Å². The summed E-state index contributed by atoms with van der Waals surface area (Å²) in [4.78, 5) is 3.16. The number of rotatable bonds is 3. The fraction of sp³-hybridized carbons (Fsp3) is 1.00. The predicted octanol–water partition coefficient (Wildman–Crippen LogP) is 1.81. The first kappa shape index (κ1) is 12.8. The number of hydrogen-bond donors (Lipinski definition) is 1. The Morgan fingerprint density at radius 3 is 2.08 bits per heavy atom. The van der Waals surface area contributed by atoms with Gasteiger partial charge in [-0.15, -0.1) is 0 Å². The molecule has 0 spiro atoms. The van der Waals surface area contributed by atoms with Crippen LogP contribution in [0.5, 0.6) is 0 Å². The molecular formula is C9H20FNO2. The fourth-order valence-corrected chi connectivity index (χ4v) is 1.25. The Morgan fingerprint density at radius 1 is 1.23 bits per heavy atom. The predicted molar refractivity (Wildman–Crippen MR) is 50.0 cm³/mol. The first-order chi connectivity index (χ1) is 6.31. The normalized spacial score (nSPS) is 17.8. The van der Waals surface area contributed by atoms with Crippen molar-refractivity contribution in [1.29, 1.82) is 0 Å². The lowest BCUT2D eigenvalue weighted by Gasteiger charge is -2.15. The number of halogens is 1. The molecule has 80 valence electrons. The van der Waals surface area contributed by atoms with Gasteiger partial charge in [-0.3, -0.25) is 0 Å². The fourth-order valence-electron chi connectivity index (χ4n) is 1.25. The summed E-state index contributed by atoms with van der Waals surface area (Å²) in [5, 5.41) is 0. The zero-order chi connectivity index (χ0) is 9.94. The molecule has 0 bridgehead atoms. The van der Waals surface area contributed by atoms with Crippen LogP contribution in [-0.4, -0.2) is 26.4 Å². The van der Waals surface area contributed by atoms with E-state index in [1.165, 1.54) is 39.2 Å². The molecule has 0 aromatic rings. The highest BCUT2D eigenvalue weighted by molar-refractivity contribution is 4.66. The SMILES string of the molecule is COCCOF.NC1CCCCC1. The van der Waals surface area contributed by atoms with Crippen molar-refractivity contribution in [1.82, 2.24) is 0 Å². The van der Waals surface area contributed by atoms with E-state index in [4.69, 9.17) is 5.73 Å². The minimum Gasteiger partial charge on any atom is -0.382 e. The molecule has 1 rings (SSSR count). The van der Waals surface area contributed by atoms with Gasteiger partial charge >= 0.3 is 0 Å². The number of ether oxygens (including phenoxy) is 1. The maximum Gasteiger partial charge on any atom is 0.111 e. The number of methoxy groups -OCH3 is 1. The minimum absolute atomic E-state index is 0.0243. The second-order valence-corrected chi connectivity index (χ2v) is 3.20. The average molecular weight is 193 g/mol.